The highest BCUT2D eigenvalue weighted by Gasteiger charge is 2.29. The van der Waals surface area contributed by atoms with Gasteiger partial charge in [0.25, 0.3) is 5.82 Å². The van der Waals surface area contributed by atoms with Crippen molar-refractivity contribution in [3.8, 4) is 0 Å². The first-order chi connectivity index (χ1) is 19.3. The fourth-order valence-corrected chi connectivity index (χ4v) is 5.86. The number of aromatic amines is 1. The van der Waals surface area contributed by atoms with Crippen LogP contribution in [0.1, 0.15) is 40.1 Å². The van der Waals surface area contributed by atoms with Gasteiger partial charge in [0.1, 0.15) is 31.0 Å². The average Bonchev–Trinajstić information content (AvgIpc) is 3.37. The quantitative estimate of drug-likeness (QED) is 0.161. The minimum Gasteiger partial charge on any atom is -1.00 e. The lowest BCUT2D eigenvalue weighted by Crippen LogP contribution is -3.00. The number of hydrogen-bond donors (Lipinski definition) is 1. The highest BCUT2D eigenvalue weighted by Crippen LogP contribution is 2.34. The largest absolute Gasteiger partial charge is 1.00 e. The summed E-state index contributed by atoms with van der Waals surface area (Å²) in [6, 6.07) is 26.4. The lowest BCUT2D eigenvalue weighted by molar-refractivity contribution is -0.711. The Hall–Kier alpha value is -1.92. The van der Waals surface area contributed by atoms with Crippen LogP contribution in [0.5, 0.6) is 0 Å². The van der Waals surface area contributed by atoms with Crippen molar-refractivity contribution in [1.29, 1.82) is 0 Å². The molecule has 0 radical (unpaired) electrons. The van der Waals surface area contributed by atoms with E-state index in [2.05, 4.69) is 9.55 Å². The first kappa shape index (κ1) is 32.0. The SMILES string of the molecule is Clc1ccc(C(c2ccc(Cl)cc2)c2[nH]cc[n+]2CC(OCc2ccc(Cl)cc2Cl)c2ccc(Cl)cc2Cl)cc1.[Cl-]. The van der Waals surface area contributed by atoms with E-state index in [0.717, 1.165) is 28.1 Å². The molecule has 1 unspecified atom stereocenters. The van der Waals surface area contributed by atoms with Crippen LogP contribution in [0.25, 0.3) is 0 Å². The zero-order valence-corrected chi connectivity index (χ0v) is 26.6. The molecule has 212 valence electrons. The predicted octanol–water partition coefficient (Wildman–Crippen LogP) is 7.36. The number of H-pyrrole nitrogens is 1. The van der Waals surface area contributed by atoms with Gasteiger partial charge in [0.2, 0.25) is 0 Å². The summed E-state index contributed by atoms with van der Waals surface area (Å²) in [5.41, 5.74) is 3.77. The number of aromatic nitrogens is 2. The number of nitrogens with zero attached hydrogens (tertiary/aromatic N) is 1. The molecule has 3 nitrogen and oxygen atoms in total. The Morgan fingerprint density at radius 3 is 1.76 bits per heavy atom. The van der Waals surface area contributed by atoms with Crippen molar-refractivity contribution in [3.63, 3.8) is 0 Å². The number of nitrogens with one attached hydrogen (secondary N) is 1. The molecule has 41 heavy (non-hydrogen) atoms. The third kappa shape index (κ3) is 7.93. The molecule has 1 heterocycles. The third-order valence-electron chi connectivity index (χ3n) is 6.60. The number of halogens is 7. The zero-order chi connectivity index (χ0) is 28.2. The summed E-state index contributed by atoms with van der Waals surface area (Å²) in [6.45, 7) is 0.723. The minimum atomic E-state index is -0.424. The highest BCUT2D eigenvalue weighted by molar-refractivity contribution is 6.35. The molecule has 0 aliphatic rings. The molecule has 0 saturated carbocycles. The molecule has 1 atom stereocenters. The van der Waals surface area contributed by atoms with Crippen LogP contribution >= 0.6 is 69.6 Å². The van der Waals surface area contributed by atoms with E-state index in [1.165, 1.54) is 0 Å². The zero-order valence-electron chi connectivity index (χ0n) is 21.3. The van der Waals surface area contributed by atoms with Crippen LogP contribution in [0, 0.1) is 0 Å². The first-order valence-electron chi connectivity index (χ1n) is 12.4. The topological polar surface area (TPSA) is 28.9 Å². The lowest BCUT2D eigenvalue weighted by Gasteiger charge is -2.21. The van der Waals surface area contributed by atoms with E-state index >= 15 is 0 Å². The van der Waals surface area contributed by atoms with Crippen molar-refractivity contribution < 1.29 is 21.7 Å². The highest BCUT2D eigenvalue weighted by atomic mass is 35.5. The maximum Gasteiger partial charge on any atom is 0.266 e. The predicted molar refractivity (Wildman–Crippen MR) is 165 cm³/mol. The number of rotatable bonds is 9. The minimum absolute atomic E-state index is 0. The molecule has 0 bridgehead atoms. The van der Waals surface area contributed by atoms with Crippen molar-refractivity contribution in [2.24, 2.45) is 0 Å². The lowest BCUT2D eigenvalue weighted by atomic mass is 9.90. The summed E-state index contributed by atoms with van der Waals surface area (Å²) < 4.78 is 8.61. The summed E-state index contributed by atoms with van der Waals surface area (Å²) in [7, 11) is 0. The summed E-state index contributed by atoms with van der Waals surface area (Å²) in [5.74, 6) is 0.824. The molecule has 5 rings (SSSR count). The Kier molecular flexibility index (Phi) is 11.3. The van der Waals surface area contributed by atoms with Gasteiger partial charge < -0.3 is 17.1 Å². The van der Waals surface area contributed by atoms with Crippen LogP contribution in [-0.2, 0) is 17.9 Å². The number of imidazole rings is 1. The molecule has 1 aromatic heterocycles. The van der Waals surface area contributed by atoms with Gasteiger partial charge in [0.05, 0.1) is 6.61 Å². The fraction of sp³-hybridized carbons (Fsp3) is 0.129. The smallest absolute Gasteiger partial charge is 0.266 e. The van der Waals surface area contributed by atoms with E-state index in [4.69, 9.17) is 74.3 Å². The molecule has 0 amide bonds. The van der Waals surface area contributed by atoms with Gasteiger partial charge >= 0.3 is 0 Å². The molecular weight excluding hydrogens is 665 g/mol. The summed E-state index contributed by atoms with van der Waals surface area (Å²) >= 11 is 37.9. The number of benzene rings is 4. The van der Waals surface area contributed by atoms with E-state index in [-0.39, 0.29) is 24.9 Å². The Morgan fingerprint density at radius 2 is 1.20 bits per heavy atom. The molecule has 0 aliphatic heterocycles. The molecule has 5 aromatic rings. The van der Waals surface area contributed by atoms with Gasteiger partial charge in [0.15, 0.2) is 0 Å². The van der Waals surface area contributed by atoms with Gasteiger partial charge in [0, 0.05) is 35.7 Å². The molecule has 1 N–H and O–H groups in total. The average molecular weight is 688 g/mol. The Labute approximate surface area is 275 Å². The molecule has 4 aromatic carbocycles. The second kappa shape index (κ2) is 14.5. The number of hydrogen-bond acceptors (Lipinski definition) is 1. The van der Waals surface area contributed by atoms with Gasteiger partial charge in [-0.3, -0.25) is 0 Å². The van der Waals surface area contributed by atoms with Crippen LogP contribution in [0.2, 0.25) is 30.1 Å². The Morgan fingerprint density at radius 1 is 0.659 bits per heavy atom. The van der Waals surface area contributed by atoms with Gasteiger partial charge in [-0.15, -0.1) is 0 Å². The van der Waals surface area contributed by atoms with Crippen molar-refractivity contribution in [2.75, 3.05) is 0 Å². The monoisotopic (exact) mass is 684 g/mol. The van der Waals surface area contributed by atoms with Crippen LogP contribution in [0.4, 0.5) is 0 Å². The van der Waals surface area contributed by atoms with Crippen LogP contribution < -0.4 is 17.0 Å². The van der Waals surface area contributed by atoms with Crippen LogP contribution in [0.3, 0.4) is 0 Å². The maximum atomic E-state index is 6.67. The van der Waals surface area contributed by atoms with Crippen molar-refractivity contribution in [3.05, 3.63) is 156 Å². The summed E-state index contributed by atoms with van der Waals surface area (Å²) in [5, 5.41) is 3.51. The van der Waals surface area contributed by atoms with Crippen LogP contribution in [0.15, 0.2) is 97.3 Å². The molecule has 0 aliphatic carbocycles. The maximum absolute atomic E-state index is 6.67. The van der Waals surface area contributed by atoms with E-state index in [9.17, 15) is 0 Å². The third-order valence-corrected chi connectivity index (χ3v) is 8.26. The Bertz CT molecular complexity index is 1560. The van der Waals surface area contributed by atoms with Crippen LogP contribution in [-0.4, -0.2) is 4.98 Å². The number of ether oxygens (including phenoxy) is 1. The molecule has 10 heteroatoms. The van der Waals surface area contributed by atoms with Crippen molar-refractivity contribution in [2.45, 2.75) is 25.2 Å². The Balaban J connectivity index is 0.00000387. The van der Waals surface area contributed by atoms with E-state index in [1.54, 1.807) is 24.3 Å². The molecule has 0 saturated heterocycles. The van der Waals surface area contributed by atoms with Gasteiger partial charge in [-0.05, 0) is 65.2 Å². The fourth-order valence-electron chi connectivity index (χ4n) is 4.61. The second-order valence-corrected chi connectivity index (χ2v) is 11.8. The normalized spacial score (nSPS) is 11.9. The van der Waals surface area contributed by atoms with Gasteiger partial charge in [-0.2, -0.15) is 0 Å². The second-order valence-electron chi connectivity index (χ2n) is 9.24. The first-order valence-corrected chi connectivity index (χ1v) is 14.6. The van der Waals surface area contributed by atoms with Crippen molar-refractivity contribution in [1.82, 2.24) is 4.98 Å². The van der Waals surface area contributed by atoms with E-state index < -0.39 is 6.10 Å². The molecular formula is C31H23Cl7N2O. The molecule has 0 spiro atoms. The summed E-state index contributed by atoms with van der Waals surface area (Å²) in [6.07, 6.45) is 3.47. The van der Waals surface area contributed by atoms with Crippen molar-refractivity contribution >= 4 is 69.6 Å². The summed E-state index contributed by atoms with van der Waals surface area (Å²) in [4.78, 5) is 3.45. The molecule has 0 fully saturated rings. The van der Waals surface area contributed by atoms with Gasteiger partial charge in [-0.25, -0.2) is 9.55 Å². The van der Waals surface area contributed by atoms with E-state index in [0.29, 0.717) is 36.7 Å². The van der Waals surface area contributed by atoms with E-state index in [1.807, 2.05) is 73.1 Å². The van der Waals surface area contributed by atoms with Gasteiger partial charge in [-0.1, -0.05) is 106 Å². The standard InChI is InChI=1S/C31H22Cl6N2O.ClH/c32-22-6-1-19(2-7-22)30(20-3-8-23(33)9-4-20)31-38-13-14-39(31)17-29(26-12-11-25(35)16-28(26)37)40-18-21-5-10-24(34)15-27(21)36;/h1-16,29-30H,17-18H2;1H.